The molecule has 1 aliphatic rings. The van der Waals surface area contributed by atoms with Gasteiger partial charge in [-0.1, -0.05) is 27.2 Å². The van der Waals surface area contributed by atoms with Gasteiger partial charge in [-0.15, -0.1) is 0 Å². The minimum atomic E-state index is 0.604. The molecular weight excluding hydrogens is 426 g/mol. The smallest absolute Gasteiger partial charge is 0.128 e. The average Bonchev–Trinajstić information content (AvgIpc) is 3.26. The summed E-state index contributed by atoms with van der Waals surface area (Å²) in [5.74, 6) is 2.99. The van der Waals surface area contributed by atoms with E-state index in [0.29, 0.717) is 11.5 Å². The maximum Gasteiger partial charge on any atom is 0.128 e. The lowest BCUT2D eigenvalue weighted by Gasteiger charge is -2.32. The molecule has 1 aliphatic heterocycles. The molecule has 0 unspecified atom stereocenters. The molecule has 3 aromatic heterocycles. The minimum absolute atomic E-state index is 0.604. The number of anilines is 1. The van der Waals surface area contributed by atoms with Crippen molar-refractivity contribution in [3.63, 3.8) is 0 Å². The fourth-order valence-electron chi connectivity index (χ4n) is 4.45. The summed E-state index contributed by atoms with van der Waals surface area (Å²) < 4.78 is 1.86. The maximum absolute atomic E-state index is 9.62. The van der Waals surface area contributed by atoms with E-state index >= 15 is 0 Å². The summed E-state index contributed by atoms with van der Waals surface area (Å²) in [7, 11) is 0. The fourth-order valence-corrected chi connectivity index (χ4v) is 5.78. The summed E-state index contributed by atoms with van der Waals surface area (Å²) in [6.07, 6.45) is 12.9. The lowest BCUT2D eigenvalue weighted by Crippen LogP contribution is -2.35. The van der Waals surface area contributed by atoms with Crippen molar-refractivity contribution in [3.05, 3.63) is 47.9 Å². The molecule has 0 saturated carbocycles. The third-order valence-electron chi connectivity index (χ3n) is 6.48. The molecule has 0 aromatic carbocycles. The van der Waals surface area contributed by atoms with Crippen LogP contribution in [0.4, 0.5) is 5.82 Å². The second kappa shape index (κ2) is 11.1. The summed E-state index contributed by atoms with van der Waals surface area (Å²) in [5, 5.41) is 14.9. The Morgan fingerprint density at radius 3 is 2.70 bits per heavy atom. The number of hydrogen-bond acceptors (Lipinski definition) is 5. The zero-order chi connectivity index (χ0) is 23.2. The SMILES string of the molecule is CCCCSC1CCN(c2ccc(-c3cc(CCC(C)C)cn4ncc(C#N)c34)cn2)CC1. The van der Waals surface area contributed by atoms with E-state index in [4.69, 9.17) is 4.98 Å². The molecule has 0 bridgehead atoms. The van der Waals surface area contributed by atoms with Gasteiger partial charge in [0.05, 0.1) is 17.3 Å². The molecule has 1 fully saturated rings. The first kappa shape index (κ1) is 23.6. The summed E-state index contributed by atoms with van der Waals surface area (Å²) >= 11 is 2.15. The zero-order valence-electron chi connectivity index (χ0n) is 20.1. The second-order valence-electron chi connectivity index (χ2n) is 9.47. The predicted octanol–water partition coefficient (Wildman–Crippen LogP) is 6.36. The van der Waals surface area contributed by atoms with Crippen LogP contribution in [0.3, 0.4) is 0 Å². The van der Waals surface area contributed by atoms with Crippen molar-refractivity contribution in [2.75, 3.05) is 23.7 Å². The monoisotopic (exact) mass is 461 g/mol. The highest BCUT2D eigenvalue weighted by molar-refractivity contribution is 7.99. The standard InChI is InChI=1S/C27H35N5S/c1-4-5-14-33-24-10-12-31(13-11-24)26-9-8-22(17-29-26)25-15-21(7-6-20(2)3)19-32-27(25)23(16-28)18-30-32/h8-9,15,17-20,24H,4-7,10-14H2,1-3H3. The number of fused-ring (bicyclic) bond motifs is 1. The van der Waals surface area contributed by atoms with Crippen LogP contribution in [-0.2, 0) is 6.42 Å². The number of nitrogens with zero attached hydrogens (tertiary/aromatic N) is 5. The van der Waals surface area contributed by atoms with Gasteiger partial charge in [-0.2, -0.15) is 22.1 Å². The van der Waals surface area contributed by atoms with Crippen LogP contribution in [0.5, 0.6) is 0 Å². The Kier molecular flexibility index (Phi) is 7.93. The molecule has 4 heterocycles. The number of aryl methyl sites for hydroxylation is 1. The molecule has 5 nitrogen and oxygen atoms in total. The number of thioether (sulfide) groups is 1. The molecule has 0 amide bonds. The highest BCUT2D eigenvalue weighted by atomic mass is 32.2. The lowest BCUT2D eigenvalue weighted by molar-refractivity contribution is 0.585. The third-order valence-corrected chi connectivity index (χ3v) is 7.94. The number of rotatable bonds is 9. The molecule has 0 atom stereocenters. The largest absolute Gasteiger partial charge is 0.357 e. The predicted molar refractivity (Wildman–Crippen MR) is 139 cm³/mol. The van der Waals surface area contributed by atoms with E-state index in [2.05, 4.69) is 73.0 Å². The second-order valence-corrected chi connectivity index (χ2v) is 10.9. The van der Waals surface area contributed by atoms with Crippen LogP contribution >= 0.6 is 11.8 Å². The average molecular weight is 462 g/mol. The Morgan fingerprint density at radius 1 is 1.21 bits per heavy atom. The fraction of sp³-hybridized carbons (Fsp3) is 0.519. The van der Waals surface area contributed by atoms with Crippen molar-refractivity contribution in [1.29, 1.82) is 5.26 Å². The van der Waals surface area contributed by atoms with Crippen molar-refractivity contribution in [1.82, 2.24) is 14.6 Å². The molecule has 33 heavy (non-hydrogen) atoms. The number of piperidine rings is 1. The summed E-state index contributed by atoms with van der Waals surface area (Å²) in [4.78, 5) is 7.25. The molecule has 174 valence electrons. The van der Waals surface area contributed by atoms with Gasteiger partial charge in [0.15, 0.2) is 0 Å². The van der Waals surface area contributed by atoms with Crippen molar-refractivity contribution < 1.29 is 0 Å². The Bertz CT molecular complexity index is 1090. The number of unbranched alkanes of at least 4 members (excludes halogenated alkanes) is 1. The van der Waals surface area contributed by atoms with Crippen molar-refractivity contribution in [2.24, 2.45) is 5.92 Å². The van der Waals surface area contributed by atoms with Crippen LogP contribution in [0.15, 0.2) is 36.8 Å². The summed E-state index contributed by atoms with van der Waals surface area (Å²) in [6.45, 7) is 8.91. The van der Waals surface area contributed by atoms with Crippen LogP contribution < -0.4 is 4.90 Å². The summed E-state index contributed by atoms with van der Waals surface area (Å²) in [6, 6.07) is 8.81. The highest BCUT2D eigenvalue weighted by Gasteiger charge is 2.21. The van der Waals surface area contributed by atoms with E-state index in [1.807, 2.05) is 10.7 Å². The van der Waals surface area contributed by atoms with Gasteiger partial charge in [-0.3, -0.25) is 0 Å². The molecule has 6 heteroatoms. The Hall–Kier alpha value is -2.52. The first-order valence-corrected chi connectivity index (χ1v) is 13.4. The molecule has 0 N–H and O–H groups in total. The van der Waals surface area contributed by atoms with E-state index < -0.39 is 0 Å². The van der Waals surface area contributed by atoms with E-state index in [1.54, 1.807) is 6.20 Å². The zero-order valence-corrected chi connectivity index (χ0v) is 20.9. The van der Waals surface area contributed by atoms with Crippen LogP contribution in [-0.4, -0.2) is 38.7 Å². The van der Waals surface area contributed by atoms with Gasteiger partial charge < -0.3 is 4.90 Å². The first-order chi connectivity index (χ1) is 16.1. The maximum atomic E-state index is 9.62. The van der Waals surface area contributed by atoms with E-state index in [1.165, 1.54) is 37.0 Å². The van der Waals surface area contributed by atoms with E-state index in [-0.39, 0.29) is 0 Å². The number of aromatic nitrogens is 3. The molecule has 1 saturated heterocycles. The Morgan fingerprint density at radius 2 is 2.03 bits per heavy atom. The van der Waals surface area contributed by atoms with Gasteiger partial charge in [-0.25, -0.2) is 9.50 Å². The van der Waals surface area contributed by atoms with Crippen molar-refractivity contribution in [2.45, 2.75) is 64.5 Å². The van der Waals surface area contributed by atoms with Gasteiger partial charge in [0.1, 0.15) is 11.9 Å². The van der Waals surface area contributed by atoms with Gasteiger partial charge in [0, 0.05) is 41.9 Å². The minimum Gasteiger partial charge on any atom is -0.357 e. The van der Waals surface area contributed by atoms with Crippen LogP contribution in [0.2, 0.25) is 0 Å². The molecular formula is C27H35N5S. The lowest BCUT2D eigenvalue weighted by atomic mass is 9.99. The Labute approximate surface area is 202 Å². The van der Waals surface area contributed by atoms with Crippen molar-refractivity contribution in [3.8, 4) is 17.2 Å². The van der Waals surface area contributed by atoms with Gasteiger partial charge >= 0.3 is 0 Å². The quantitative estimate of drug-likeness (QED) is 0.347. The molecule has 0 radical (unpaired) electrons. The number of nitriles is 1. The van der Waals surface area contributed by atoms with Gasteiger partial charge in [0.25, 0.3) is 0 Å². The number of pyridine rings is 2. The molecule has 4 rings (SSSR count). The van der Waals surface area contributed by atoms with E-state index in [9.17, 15) is 5.26 Å². The molecule has 0 aliphatic carbocycles. The topological polar surface area (TPSA) is 57.2 Å². The van der Waals surface area contributed by atoms with Crippen molar-refractivity contribution >= 4 is 23.1 Å². The molecule has 3 aromatic rings. The van der Waals surface area contributed by atoms with Crippen LogP contribution in [0.1, 0.15) is 64.0 Å². The first-order valence-electron chi connectivity index (χ1n) is 12.3. The highest BCUT2D eigenvalue weighted by Crippen LogP contribution is 2.31. The Balaban J connectivity index is 1.53. The van der Waals surface area contributed by atoms with Crippen LogP contribution in [0.25, 0.3) is 16.6 Å². The van der Waals surface area contributed by atoms with Gasteiger partial charge in [-0.05, 0) is 67.5 Å². The summed E-state index contributed by atoms with van der Waals surface area (Å²) in [5.41, 5.74) is 4.79. The number of hydrogen-bond donors (Lipinski definition) is 0. The van der Waals surface area contributed by atoms with Gasteiger partial charge in [0.2, 0.25) is 0 Å². The third kappa shape index (κ3) is 5.70. The normalized spacial score (nSPS) is 14.8. The molecule has 0 spiro atoms. The van der Waals surface area contributed by atoms with E-state index in [0.717, 1.165) is 53.6 Å². The van der Waals surface area contributed by atoms with Crippen LogP contribution in [0, 0.1) is 17.2 Å².